The summed E-state index contributed by atoms with van der Waals surface area (Å²) in [6.45, 7) is 8.18. The largest absolute Gasteiger partial charge is 0.494 e. The molecule has 0 heterocycles. The number of hydrogen-bond acceptors (Lipinski definition) is 4. The minimum absolute atomic E-state index is 0.381. The summed E-state index contributed by atoms with van der Waals surface area (Å²) in [5.41, 5.74) is 0.501. The quantitative estimate of drug-likeness (QED) is 0.0773. The molecule has 4 heteroatoms. The lowest BCUT2D eigenvalue weighted by Crippen LogP contribution is -2.08. The second-order valence-corrected chi connectivity index (χ2v) is 9.91. The van der Waals surface area contributed by atoms with E-state index in [1.165, 1.54) is 51.4 Å². The molecule has 37 heavy (non-hydrogen) atoms. The molecule has 0 radical (unpaired) electrons. The first kappa shape index (κ1) is 30.5. The van der Waals surface area contributed by atoms with E-state index in [2.05, 4.69) is 32.9 Å². The minimum Gasteiger partial charge on any atom is -0.494 e. The Bertz CT molecular complexity index is 870. The molecule has 0 aromatic heterocycles. The number of allylic oxidation sites excluding steroid dienone is 2. The van der Waals surface area contributed by atoms with E-state index in [1.807, 2.05) is 24.3 Å². The second-order valence-electron chi connectivity index (χ2n) is 9.91. The molecule has 0 spiro atoms. The Morgan fingerprint density at radius 2 is 1.24 bits per heavy atom. The van der Waals surface area contributed by atoms with Crippen LogP contribution in [0, 0.1) is 5.92 Å². The van der Waals surface area contributed by atoms with Crippen LogP contribution in [0.15, 0.2) is 60.7 Å². The van der Waals surface area contributed by atoms with Gasteiger partial charge in [0.25, 0.3) is 0 Å². The topological polar surface area (TPSA) is 44.8 Å². The molecule has 1 atom stereocenters. The van der Waals surface area contributed by atoms with Gasteiger partial charge in [0.2, 0.25) is 0 Å². The third kappa shape index (κ3) is 13.9. The Labute approximate surface area is 225 Å². The van der Waals surface area contributed by atoms with Crippen LogP contribution in [0.4, 0.5) is 0 Å². The third-order valence-electron chi connectivity index (χ3n) is 6.61. The van der Waals surface area contributed by atoms with Gasteiger partial charge >= 0.3 is 5.97 Å². The zero-order valence-corrected chi connectivity index (χ0v) is 23.4. The monoisotopic (exact) mass is 508 g/mol. The van der Waals surface area contributed by atoms with Crippen LogP contribution in [-0.2, 0) is 0 Å². The lowest BCUT2D eigenvalue weighted by molar-refractivity contribution is 0.0734. The van der Waals surface area contributed by atoms with Crippen LogP contribution in [0.25, 0.3) is 0 Å². The normalized spacial score (nSPS) is 12.0. The summed E-state index contributed by atoms with van der Waals surface area (Å²) < 4.78 is 17.1. The van der Waals surface area contributed by atoms with Crippen molar-refractivity contribution in [2.45, 2.75) is 97.8 Å². The van der Waals surface area contributed by atoms with Gasteiger partial charge in [0, 0.05) is 0 Å². The Morgan fingerprint density at radius 1 is 0.703 bits per heavy atom. The Hall–Kier alpha value is -2.75. The van der Waals surface area contributed by atoms with E-state index in [-0.39, 0.29) is 5.97 Å². The molecule has 0 aliphatic carbocycles. The maximum absolute atomic E-state index is 12.5. The standard InChI is InChI=1S/C33H48O4/c1-4-6-7-8-9-10-11-12-15-26-36-31-22-24-32(25-23-31)37-33(34)29-18-20-30(21-19-29)35-27-16-13-14-17-28(3)5-2/h9-10,18-25,28H,4-8,11-17,26-27H2,1-3H3/b10-9-/t28-/m0/s1. The summed E-state index contributed by atoms with van der Waals surface area (Å²) >= 11 is 0. The molecule has 0 fully saturated rings. The molecule has 0 aliphatic rings. The van der Waals surface area contributed by atoms with E-state index in [9.17, 15) is 4.79 Å². The Kier molecular flexibility index (Phi) is 16.0. The number of carbonyl (C=O) groups is 1. The summed E-state index contributed by atoms with van der Waals surface area (Å²) in [6.07, 6.45) is 19.0. The number of hydrogen-bond donors (Lipinski definition) is 0. The van der Waals surface area contributed by atoms with Crippen molar-refractivity contribution in [3.63, 3.8) is 0 Å². The van der Waals surface area contributed by atoms with Crippen LogP contribution < -0.4 is 14.2 Å². The summed E-state index contributed by atoms with van der Waals surface area (Å²) in [5, 5.41) is 0. The second kappa shape index (κ2) is 19.4. The van der Waals surface area contributed by atoms with Gasteiger partial charge in [0.1, 0.15) is 17.2 Å². The van der Waals surface area contributed by atoms with Gasteiger partial charge in [-0.25, -0.2) is 4.79 Å². The van der Waals surface area contributed by atoms with Gasteiger partial charge in [-0.3, -0.25) is 0 Å². The fourth-order valence-electron chi connectivity index (χ4n) is 3.93. The van der Waals surface area contributed by atoms with Gasteiger partial charge in [-0.1, -0.05) is 71.4 Å². The molecule has 2 aromatic rings. The fraction of sp³-hybridized carbons (Fsp3) is 0.545. The molecule has 0 saturated carbocycles. The average molecular weight is 509 g/mol. The van der Waals surface area contributed by atoms with Crippen LogP contribution >= 0.6 is 0 Å². The first-order valence-corrected chi connectivity index (χ1v) is 14.4. The lowest BCUT2D eigenvalue weighted by atomic mass is 10.0. The molecule has 0 saturated heterocycles. The summed E-state index contributed by atoms with van der Waals surface area (Å²) in [5.74, 6) is 2.50. The molecular weight excluding hydrogens is 460 g/mol. The van der Waals surface area contributed by atoms with E-state index < -0.39 is 0 Å². The van der Waals surface area contributed by atoms with Crippen molar-refractivity contribution in [3.8, 4) is 17.2 Å². The molecule has 0 bridgehead atoms. The third-order valence-corrected chi connectivity index (χ3v) is 6.61. The smallest absolute Gasteiger partial charge is 0.343 e. The van der Waals surface area contributed by atoms with Crippen molar-refractivity contribution in [2.24, 2.45) is 5.92 Å². The van der Waals surface area contributed by atoms with Crippen LogP contribution in [0.5, 0.6) is 17.2 Å². The summed E-state index contributed by atoms with van der Waals surface area (Å²) in [6, 6.07) is 14.4. The molecular formula is C33H48O4. The molecule has 2 aromatic carbocycles. The molecule has 0 amide bonds. The van der Waals surface area contributed by atoms with Crippen LogP contribution in [-0.4, -0.2) is 19.2 Å². The zero-order valence-electron chi connectivity index (χ0n) is 23.4. The number of ether oxygens (including phenoxy) is 3. The Balaban J connectivity index is 1.61. The van der Waals surface area contributed by atoms with E-state index in [1.54, 1.807) is 24.3 Å². The highest BCUT2D eigenvalue weighted by molar-refractivity contribution is 5.91. The van der Waals surface area contributed by atoms with Gasteiger partial charge in [-0.05, 0) is 93.0 Å². The molecule has 204 valence electrons. The predicted octanol–water partition coefficient (Wildman–Crippen LogP) is 9.58. The van der Waals surface area contributed by atoms with Crippen molar-refractivity contribution in [1.82, 2.24) is 0 Å². The number of unbranched alkanes of at least 4 members (excludes halogenated alkanes) is 7. The van der Waals surface area contributed by atoms with Crippen LogP contribution in [0.1, 0.15) is 108 Å². The van der Waals surface area contributed by atoms with Crippen molar-refractivity contribution in [1.29, 1.82) is 0 Å². The van der Waals surface area contributed by atoms with Crippen molar-refractivity contribution >= 4 is 5.97 Å². The van der Waals surface area contributed by atoms with Gasteiger partial charge in [0.15, 0.2) is 0 Å². The van der Waals surface area contributed by atoms with Crippen molar-refractivity contribution in [2.75, 3.05) is 13.2 Å². The highest BCUT2D eigenvalue weighted by atomic mass is 16.5. The zero-order chi connectivity index (χ0) is 26.6. The number of esters is 1. The highest BCUT2D eigenvalue weighted by Gasteiger charge is 2.09. The van der Waals surface area contributed by atoms with Gasteiger partial charge < -0.3 is 14.2 Å². The summed E-state index contributed by atoms with van der Waals surface area (Å²) in [4.78, 5) is 12.5. The highest BCUT2D eigenvalue weighted by Crippen LogP contribution is 2.20. The van der Waals surface area contributed by atoms with Gasteiger partial charge in [-0.2, -0.15) is 0 Å². The predicted molar refractivity (Wildman–Crippen MR) is 154 cm³/mol. The van der Waals surface area contributed by atoms with Crippen molar-refractivity contribution in [3.05, 3.63) is 66.2 Å². The first-order valence-electron chi connectivity index (χ1n) is 14.4. The number of rotatable bonds is 20. The van der Waals surface area contributed by atoms with E-state index in [4.69, 9.17) is 14.2 Å². The summed E-state index contributed by atoms with van der Waals surface area (Å²) in [7, 11) is 0. The number of carbonyl (C=O) groups excluding carboxylic acids is 1. The molecule has 0 aliphatic heterocycles. The maximum Gasteiger partial charge on any atom is 0.343 e. The lowest BCUT2D eigenvalue weighted by Gasteiger charge is -2.09. The Morgan fingerprint density at radius 3 is 1.84 bits per heavy atom. The fourth-order valence-corrected chi connectivity index (χ4v) is 3.93. The van der Waals surface area contributed by atoms with E-state index in [0.717, 1.165) is 43.1 Å². The van der Waals surface area contributed by atoms with E-state index in [0.29, 0.717) is 24.5 Å². The van der Waals surface area contributed by atoms with Crippen molar-refractivity contribution < 1.29 is 19.0 Å². The maximum atomic E-state index is 12.5. The average Bonchev–Trinajstić information content (AvgIpc) is 2.92. The molecule has 2 rings (SSSR count). The van der Waals surface area contributed by atoms with Gasteiger partial charge in [0.05, 0.1) is 18.8 Å². The first-order chi connectivity index (χ1) is 18.1. The molecule has 0 unspecified atom stereocenters. The molecule has 0 N–H and O–H groups in total. The van der Waals surface area contributed by atoms with Crippen LogP contribution in [0.3, 0.4) is 0 Å². The van der Waals surface area contributed by atoms with E-state index >= 15 is 0 Å². The number of benzene rings is 2. The molecule has 4 nitrogen and oxygen atoms in total. The van der Waals surface area contributed by atoms with Gasteiger partial charge in [-0.15, -0.1) is 0 Å². The SMILES string of the molecule is CCCCC/C=C\CCCCOc1ccc(OC(=O)c2ccc(OCCCCC[C@@H](C)CC)cc2)cc1. The van der Waals surface area contributed by atoms with Crippen LogP contribution in [0.2, 0.25) is 0 Å². The minimum atomic E-state index is -0.381.